The highest BCUT2D eigenvalue weighted by Crippen LogP contribution is 2.33. The third kappa shape index (κ3) is 6.75. The second kappa shape index (κ2) is 11.6. The third-order valence-electron chi connectivity index (χ3n) is 5.00. The number of benzene rings is 2. The molecule has 2 rings (SSSR count). The molecule has 0 aliphatic rings. The lowest BCUT2D eigenvalue weighted by atomic mass is 10.1. The first kappa shape index (κ1) is 26.8. The van der Waals surface area contributed by atoms with Gasteiger partial charge in [-0.05, 0) is 36.2 Å². The quantitative estimate of drug-likeness (QED) is 0.523. The van der Waals surface area contributed by atoms with E-state index in [1.165, 1.54) is 31.2 Å². The van der Waals surface area contributed by atoms with Crippen LogP contribution in [0.2, 0.25) is 10.0 Å². The van der Waals surface area contributed by atoms with Crippen molar-refractivity contribution in [3.05, 3.63) is 58.1 Å². The average Bonchev–Trinajstić information content (AvgIpc) is 2.78. The number of carbonyl (C=O) groups excluding carboxylic acids is 2. The molecule has 1 atom stereocenters. The maximum atomic E-state index is 13.5. The predicted molar refractivity (Wildman–Crippen MR) is 130 cm³/mol. The summed E-state index contributed by atoms with van der Waals surface area (Å²) in [4.78, 5) is 27.4. The Balaban J connectivity index is 2.48. The number of anilines is 1. The minimum absolute atomic E-state index is 0.00933. The predicted octanol–water partition coefficient (Wildman–Crippen LogP) is 3.32. The molecule has 0 unspecified atom stereocenters. The summed E-state index contributed by atoms with van der Waals surface area (Å²) in [5.74, 6) is -0.341. The van der Waals surface area contributed by atoms with Gasteiger partial charge in [-0.25, -0.2) is 8.42 Å². The number of rotatable bonds is 10. The Bertz CT molecular complexity index is 1110. The minimum Gasteiger partial charge on any atom is -0.497 e. The SMILES string of the molecule is CC[C@@H](C(=O)NC)N(Cc1cccc(OC)c1)C(=O)CN(c1cccc(Cl)c1Cl)S(C)(=O)=O. The average molecular weight is 516 g/mol. The van der Waals surface area contributed by atoms with Gasteiger partial charge in [0.25, 0.3) is 0 Å². The molecule has 0 bridgehead atoms. The molecule has 0 saturated heterocycles. The monoisotopic (exact) mass is 515 g/mol. The lowest BCUT2D eigenvalue weighted by Gasteiger charge is -2.32. The number of nitrogens with zero attached hydrogens (tertiary/aromatic N) is 2. The van der Waals surface area contributed by atoms with E-state index in [9.17, 15) is 18.0 Å². The molecule has 0 fully saturated rings. The number of carbonyl (C=O) groups is 2. The van der Waals surface area contributed by atoms with Crippen LogP contribution < -0.4 is 14.4 Å². The van der Waals surface area contributed by atoms with E-state index in [-0.39, 0.29) is 28.2 Å². The summed E-state index contributed by atoms with van der Waals surface area (Å²) in [6.07, 6.45) is 1.30. The fourth-order valence-corrected chi connectivity index (χ4v) is 4.64. The second-order valence-corrected chi connectivity index (χ2v) is 9.95. The highest BCUT2D eigenvalue weighted by atomic mass is 35.5. The van der Waals surface area contributed by atoms with Gasteiger partial charge in [-0.3, -0.25) is 13.9 Å². The topological polar surface area (TPSA) is 96.0 Å². The van der Waals surface area contributed by atoms with Gasteiger partial charge in [0.05, 0.1) is 29.1 Å². The Hall–Kier alpha value is -2.49. The summed E-state index contributed by atoms with van der Waals surface area (Å²) < 4.78 is 31.3. The molecule has 11 heteroatoms. The molecule has 33 heavy (non-hydrogen) atoms. The molecular formula is C22H27Cl2N3O5S. The van der Waals surface area contributed by atoms with Crippen molar-refractivity contribution in [1.82, 2.24) is 10.2 Å². The number of hydrogen-bond acceptors (Lipinski definition) is 5. The number of hydrogen-bond donors (Lipinski definition) is 1. The molecule has 1 N–H and O–H groups in total. The third-order valence-corrected chi connectivity index (χ3v) is 6.93. The normalized spacial score (nSPS) is 12.1. The van der Waals surface area contributed by atoms with Crippen LogP contribution in [0, 0.1) is 0 Å². The lowest BCUT2D eigenvalue weighted by molar-refractivity contribution is -0.140. The first-order valence-electron chi connectivity index (χ1n) is 10.1. The van der Waals surface area contributed by atoms with Gasteiger partial charge in [-0.1, -0.05) is 48.3 Å². The second-order valence-electron chi connectivity index (χ2n) is 7.25. The number of amides is 2. The van der Waals surface area contributed by atoms with Crippen LogP contribution in [0.4, 0.5) is 5.69 Å². The molecular weight excluding hydrogens is 489 g/mol. The van der Waals surface area contributed by atoms with E-state index in [1.54, 1.807) is 37.3 Å². The van der Waals surface area contributed by atoms with E-state index >= 15 is 0 Å². The van der Waals surface area contributed by atoms with E-state index in [0.29, 0.717) is 12.2 Å². The maximum Gasteiger partial charge on any atom is 0.244 e. The highest BCUT2D eigenvalue weighted by Gasteiger charge is 2.32. The van der Waals surface area contributed by atoms with Gasteiger partial charge < -0.3 is 15.0 Å². The summed E-state index contributed by atoms with van der Waals surface area (Å²) in [7, 11) is -0.898. The highest BCUT2D eigenvalue weighted by molar-refractivity contribution is 7.92. The van der Waals surface area contributed by atoms with Crippen molar-refractivity contribution < 1.29 is 22.7 Å². The number of sulfonamides is 1. The Morgan fingerprint density at radius 3 is 2.39 bits per heavy atom. The number of ether oxygens (including phenoxy) is 1. The van der Waals surface area contributed by atoms with Crippen molar-refractivity contribution in [2.75, 3.05) is 31.3 Å². The first-order valence-corrected chi connectivity index (χ1v) is 12.7. The zero-order chi connectivity index (χ0) is 24.8. The summed E-state index contributed by atoms with van der Waals surface area (Å²) in [6.45, 7) is 1.28. The van der Waals surface area contributed by atoms with E-state index in [1.807, 2.05) is 0 Å². The Morgan fingerprint density at radius 1 is 1.15 bits per heavy atom. The van der Waals surface area contributed by atoms with Gasteiger partial charge in [0, 0.05) is 13.6 Å². The standard InChI is InChI=1S/C22H27Cl2N3O5S/c1-5-18(22(29)25-2)26(13-15-8-6-9-16(12-15)32-3)20(28)14-27(33(4,30)31)19-11-7-10-17(23)21(19)24/h6-12,18H,5,13-14H2,1-4H3,(H,25,29)/t18-/m0/s1. The van der Waals surface area contributed by atoms with Crippen molar-refractivity contribution in [2.45, 2.75) is 25.9 Å². The fourth-order valence-electron chi connectivity index (χ4n) is 3.33. The summed E-state index contributed by atoms with van der Waals surface area (Å²) in [6, 6.07) is 10.8. The number of halogens is 2. The van der Waals surface area contributed by atoms with E-state index in [4.69, 9.17) is 27.9 Å². The molecule has 0 aromatic heterocycles. The molecule has 8 nitrogen and oxygen atoms in total. The smallest absolute Gasteiger partial charge is 0.244 e. The molecule has 0 radical (unpaired) electrons. The van der Waals surface area contributed by atoms with E-state index < -0.39 is 28.5 Å². The van der Waals surface area contributed by atoms with Crippen molar-refractivity contribution in [3.63, 3.8) is 0 Å². The molecule has 180 valence electrons. The van der Waals surface area contributed by atoms with Crippen molar-refractivity contribution in [3.8, 4) is 5.75 Å². The molecule has 2 amide bonds. The van der Waals surface area contributed by atoms with Crippen LogP contribution in [-0.4, -0.2) is 58.1 Å². The van der Waals surface area contributed by atoms with Crippen LogP contribution in [0.5, 0.6) is 5.75 Å². The van der Waals surface area contributed by atoms with Gasteiger partial charge >= 0.3 is 0 Å². The zero-order valence-electron chi connectivity index (χ0n) is 18.8. The molecule has 2 aromatic carbocycles. The Kier molecular flexibility index (Phi) is 9.39. The lowest BCUT2D eigenvalue weighted by Crippen LogP contribution is -2.51. The van der Waals surface area contributed by atoms with Gasteiger partial charge in [0.2, 0.25) is 21.8 Å². The van der Waals surface area contributed by atoms with E-state index in [2.05, 4.69) is 5.32 Å². The van der Waals surface area contributed by atoms with Crippen LogP contribution in [0.3, 0.4) is 0 Å². The van der Waals surface area contributed by atoms with E-state index in [0.717, 1.165) is 16.1 Å². The summed E-state index contributed by atoms with van der Waals surface area (Å²) >= 11 is 12.3. The summed E-state index contributed by atoms with van der Waals surface area (Å²) in [5, 5.41) is 2.73. The number of nitrogens with one attached hydrogen (secondary N) is 1. The van der Waals surface area contributed by atoms with Crippen LogP contribution in [0.15, 0.2) is 42.5 Å². The Labute approximate surface area is 204 Å². The largest absolute Gasteiger partial charge is 0.497 e. The number of methoxy groups -OCH3 is 1. The molecule has 0 heterocycles. The maximum absolute atomic E-state index is 13.5. The van der Waals surface area contributed by atoms with Gasteiger partial charge in [0.1, 0.15) is 18.3 Å². The fraction of sp³-hybridized carbons (Fsp3) is 0.364. The molecule has 0 aliphatic heterocycles. The van der Waals surface area contributed by atoms with Crippen LogP contribution in [0.1, 0.15) is 18.9 Å². The minimum atomic E-state index is -3.91. The zero-order valence-corrected chi connectivity index (χ0v) is 21.2. The van der Waals surface area contributed by atoms with Gasteiger partial charge in [-0.15, -0.1) is 0 Å². The van der Waals surface area contributed by atoms with Crippen molar-refractivity contribution in [2.24, 2.45) is 0 Å². The van der Waals surface area contributed by atoms with Gasteiger partial charge in [0.15, 0.2) is 0 Å². The number of likely N-dealkylation sites (N-methyl/N-ethyl adjacent to an activating group) is 1. The van der Waals surface area contributed by atoms with Crippen molar-refractivity contribution >= 4 is 50.7 Å². The molecule has 2 aromatic rings. The Morgan fingerprint density at radius 2 is 1.82 bits per heavy atom. The van der Waals surface area contributed by atoms with Crippen LogP contribution >= 0.6 is 23.2 Å². The van der Waals surface area contributed by atoms with Crippen LogP contribution in [-0.2, 0) is 26.2 Å². The van der Waals surface area contributed by atoms with Gasteiger partial charge in [-0.2, -0.15) is 0 Å². The van der Waals surface area contributed by atoms with Crippen molar-refractivity contribution in [1.29, 1.82) is 0 Å². The first-order chi connectivity index (χ1) is 15.5. The summed E-state index contributed by atoms with van der Waals surface area (Å²) in [5.41, 5.74) is 0.797. The van der Waals surface area contributed by atoms with Crippen LogP contribution in [0.25, 0.3) is 0 Å². The molecule has 0 spiro atoms. The molecule has 0 aliphatic carbocycles. The molecule has 0 saturated carbocycles.